The highest BCUT2D eigenvalue weighted by atomic mass is 35.5. The van der Waals surface area contributed by atoms with Gasteiger partial charge >= 0.3 is 0 Å². The molecule has 4 heteroatoms. The number of hydrogen-bond acceptors (Lipinski definition) is 1. The number of amidine groups is 1. The van der Waals surface area contributed by atoms with Gasteiger partial charge in [0.15, 0.2) is 0 Å². The minimum atomic E-state index is 0.288. The second-order valence-electron chi connectivity index (χ2n) is 5.94. The minimum Gasteiger partial charge on any atom is -0.341 e. The van der Waals surface area contributed by atoms with E-state index in [9.17, 15) is 0 Å². The minimum absolute atomic E-state index is 0.288. The SMILES string of the molecule is CCC(CC)C(CC)N=C(Nc1c(Cl)cccc1Cl)C(C)C. The third-order valence-corrected chi connectivity index (χ3v) is 4.71. The standard InChI is InChI=1S/C18H28Cl2N2/c1-6-13(7-2)16(8-3)21-18(12(4)5)22-17-14(19)10-9-11-15(17)20/h9-13,16H,6-8H2,1-5H3,(H,21,22). The highest BCUT2D eigenvalue weighted by molar-refractivity contribution is 6.39. The summed E-state index contributed by atoms with van der Waals surface area (Å²) in [5.74, 6) is 1.85. The Hall–Kier alpha value is -0.730. The van der Waals surface area contributed by atoms with E-state index in [4.69, 9.17) is 28.2 Å². The van der Waals surface area contributed by atoms with Crippen molar-refractivity contribution in [1.82, 2.24) is 0 Å². The summed E-state index contributed by atoms with van der Waals surface area (Å²) >= 11 is 12.5. The lowest BCUT2D eigenvalue weighted by Gasteiger charge is -2.24. The van der Waals surface area contributed by atoms with Crippen molar-refractivity contribution in [3.63, 3.8) is 0 Å². The number of nitrogens with zero attached hydrogens (tertiary/aromatic N) is 1. The average molecular weight is 343 g/mol. The van der Waals surface area contributed by atoms with Crippen LogP contribution in [0.15, 0.2) is 23.2 Å². The summed E-state index contributed by atoms with van der Waals surface area (Å²) < 4.78 is 0. The van der Waals surface area contributed by atoms with Gasteiger partial charge in [-0.25, -0.2) is 0 Å². The van der Waals surface area contributed by atoms with Crippen molar-refractivity contribution in [3.8, 4) is 0 Å². The molecular formula is C18H28Cl2N2. The molecule has 0 bridgehead atoms. The van der Waals surface area contributed by atoms with Crippen molar-refractivity contribution in [2.45, 2.75) is 59.9 Å². The van der Waals surface area contributed by atoms with E-state index in [1.807, 2.05) is 18.2 Å². The first kappa shape index (κ1) is 19.3. The Balaban J connectivity index is 3.10. The fourth-order valence-electron chi connectivity index (χ4n) is 2.61. The van der Waals surface area contributed by atoms with E-state index in [-0.39, 0.29) is 5.92 Å². The van der Waals surface area contributed by atoms with Crippen LogP contribution in [0.4, 0.5) is 5.69 Å². The van der Waals surface area contributed by atoms with Crippen molar-refractivity contribution < 1.29 is 0 Å². The number of rotatable bonds is 7. The summed E-state index contributed by atoms with van der Waals surface area (Å²) in [6.07, 6.45) is 3.34. The largest absolute Gasteiger partial charge is 0.341 e. The molecule has 1 N–H and O–H groups in total. The molecule has 0 aromatic heterocycles. The molecule has 1 aromatic rings. The summed E-state index contributed by atoms with van der Waals surface area (Å²) in [5, 5.41) is 4.61. The van der Waals surface area contributed by atoms with Crippen molar-refractivity contribution in [3.05, 3.63) is 28.2 Å². The molecule has 2 nitrogen and oxygen atoms in total. The molecule has 0 aliphatic rings. The Kier molecular flexibility index (Phi) is 8.27. The quantitative estimate of drug-likeness (QED) is 0.434. The van der Waals surface area contributed by atoms with Gasteiger partial charge in [0.2, 0.25) is 0 Å². The van der Waals surface area contributed by atoms with E-state index in [2.05, 4.69) is 39.9 Å². The number of anilines is 1. The first-order chi connectivity index (χ1) is 10.4. The highest BCUT2D eigenvalue weighted by Crippen LogP contribution is 2.30. The Bertz CT molecular complexity index is 474. The lowest BCUT2D eigenvalue weighted by atomic mass is 9.92. The van der Waals surface area contributed by atoms with E-state index in [1.54, 1.807) is 0 Å². The fraction of sp³-hybridized carbons (Fsp3) is 0.611. The van der Waals surface area contributed by atoms with Gasteiger partial charge in [0, 0.05) is 5.92 Å². The number of para-hydroxylation sites is 1. The van der Waals surface area contributed by atoms with Crippen LogP contribution in [0, 0.1) is 11.8 Å². The number of nitrogens with one attached hydrogen (secondary N) is 1. The number of hydrogen-bond donors (Lipinski definition) is 1. The Labute approximate surface area is 145 Å². The maximum Gasteiger partial charge on any atom is 0.104 e. The first-order valence-corrected chi connectivity index (χ1v) is 8.98. The van der Waals surface area contributed by atoms with Gasteiger partial charge in [0.05, 0.1) is 21.8 Å². The van der Waals surface area contributed by atoms with Crippen LogP contribution >= 0.6 is 23.2 Å². The first-order valence-electron chi connectivity index (χ1n) is 8.23. The second kappa shape index (κ2) is 9.42. The second-order valence-corrected chi connectivity index (χ2v) is 6.76. The zero-order valence-corrected chi connectivity index (χ0v) is 15.8. The lowest BCUT2D eigenvalue weighted by molar-refractivity contribution is 0.388. The molecule has 0 radical (unpaired) electrons. The van der Waals surface area contributed by atoms with Gasteiger partial charge in [-0.2, -0.15) is 0 Å². The average Bonchev–Trinajstić information content (AvgIpc) is 2.48. The van der Waals surface area contributed by atoms with Gasteiger partial charge in [-0.1, -0.05) is 76.7 Å². The number of aliphatic imine (C=N–C) groups is 1. The molecule has 0 aliphatic carbocycles. The predicted octanol–water partition coefficient (Wildman–Crippen LogP) is 6.67. The van der Waals surface area contributed by atoms with Gasteiger partial charge in [-0.05, 0) is 24.5 Å². The molecule has 0 saturated heterocycles. The molecule has 0 fully saturated rings. The molecular weight excluding hydrogens is 315 g/mol. The topological polar surface area (TPSA) is 24.4 Å². The van der Waals surface area contributed by atoms with E-state index in [0.717, 1.165) is 30.8 Å². The molecule has 1 atom stereocenters. The summed E-state index contributed by atoms with van der Waals surface area (Å²) in [4.78, 5) is 5.00. The summed E-state index contributed by atoms with van der Waals surface area (Å²) in [6.45, 7) is 10.9. The maximum absolute atomic E-state index is 6.26. The Morgan fingerprint density at radius 1 is 1.05 bits per heavy atom. The third kappa shape index (κ3) is 5.17. The smallest absolute Gasteiger partial charge is 0.104 e. The Morgan fingerprint density at radius 3 is 2.00 bits per heavy atom. The molecule has 1 unspecified atom stereocenters. The molecule has 0 heterocycles. The molecule has 22 heavy (non-hydrogen) atoms. The highest BCUT2D eigenvalue weighted by Gasteiger charge is 2.18. The molecule has 0 amide bonds. The molecule has 0 saturated carbocycles. The van der Waals surface area contributed by atoms with Crippen LogP contribution in [-0.2, 0) is 0 Å². The van der Waals surface area contributed by atoms with Crippen molar-refractivity contribution >= 4 is 34.7 Å². The van der Waals surface area contributed by atoms with E-state index >= 15 is 0 Å². The van der Waals surface area contributed by atoms with Crippen molar-refractivity contribution in [2.24, 2.45) is 16.8 Å². The van der Waals surface area contributed by atoms with Gasteiger partial charge < -0.3 is 5.32 Å². The number of benzene rings is 1. The number of halogens is 2. The predicted molar refractivity (Wildman–Crippen MR) is 101 cm³/mol. The van der Waals surface area contributed by atoms with Crippen LogP contribution in [0.5, 0.6) is 0 Å². The van der Waals surface area contributed by atoms with E-state index < -0.39 is 0 Å². The molecule has 1 rings (SSSR count). The van der Waals surface area contributed by atoms with Gasteiger partial charge in [-0.3, -0.25) is 4.99 Å². The summed E-state index contributed by atoms with van der Waals surface area (Å²) in [7, 11) is 0. The Morgan fingerprint density at radius 2 is 1.59 bits per heavy atom. The normalized spacial score (nSPS) is 13.8. The monoisotopic (exact) mass is 342 g/mol. The lowest BCUT2D eigenvalue weighted by Crippen LogP contribution is -2.25. The molecule has 1 aromatic carbocycles. The third-order valence-electron chi connectivity index (χ3n) is 4.08. The van der Waals surface area contributed by atoms with Crippen molar-refractivity contribution in [1.29, 1.82) is 0 Å². The van der Waals surface area contributed by atoms with Crippen molar-refractivity contribution in [2.75, 3.05) is 5.32 Å². The van der Waals surface area contributed by atoms with Crippen LogP contribution in [0.25, 0.3) is 0 Å². The van der Waals surface area contributed by atoms with Crippen LogP contribution in [0.1, 0.15) is 53.9 Å². The van der Waals surface area contributed by atoms with Crippen LogP contribution < -0.4 is 5.32 Å². The zero-order valence-electron chi connectivity index (χ0n) is 14.3. The fourth-order valence-corrected chi connectivity index (χ4v) is 3.10. The van der Waals surface area contributed by atoms with Gasteiger partial charge in [0.1, 0.15) is 5.84 Å². The van der Waals surface area contributed by atoms with E-state index in [1.165, 1.54) is 0 Å². The zero-order chi connectivity index (χ0) is 16.7. The molecule has 0 aliphatic heterocycles. The van der Waals surface area contributed by atoms with E-state index in [0.29, 0.717) is 22.0 Å². The maximum atomic E-state index is 6.26. The van der Waals surface area contributed by atoms with Gasteiger partial charge in [0.25, 0.3) is 0 Å². The van der Waals surface area contributed by atoms with Crippen LogP contribution in [0.2, 0.25) is 10.0 Å². The van der Waals surface area contributed by atoms with Crippen LogP contribution in [0.3, 0.4) is 0 Å². The summed E-state index contributed by atoms with van der Waals surface area (Å²) in [6, 6.07) is 5.86. The van der Waals surface area contributed by atoms with Crippen LogP contribution in [-0.4, -0.2) is 11.9 Å². The van der Waals surface area contributed by atoms with Gasteiger partial charge in [-0.15, -0.1) is 0 Å². The molecule has 0 spiro atoms. The molecule has 124 valence electrons. The summed E-state index contributed by atoms with van der Waals surface area (Å²) in [5.41, 5.74) is 0.748.